The number of ether oxygens (including phenoxy) is 2. The van der Waals surface area contributed by atoms with Crippen LogP contribution in [0.15, 0.2) is 0 Å². The van der Waals surface area contributed by atoms with Gasteiger partial charge in [-0.2, -0.15) is 0 Å². The van der Waals surface area contributed by atoms with Crippen LogP contribution in [0.4, 0.5) is 4.79 Å². The molecule has 0 aliphatic carbocycles. The molecule has 0 bridgehead atoms. The van der Waals surface area contributed by atoms with Crippen LogP contribution in [0.1, 0.15) is 26.7 Å². The van der Waals surface area contributed by atoms with Crippen molar-refractivity contribution in [3.63, 3.8) is 0 Å². The minimum absolute atomic E-state index is 0.121. The smallest absolute Gasteiger partial charge is 0.407 e. The molecule has 1 heterocycles. The summed E-state index contributed by atoms with van der Waals surface area (Å²) in [7, 11) is 1.28. The van der Waals surface area contributed by atoms with E-state index in [0.717, 1.165) is 19.1 Å². The van der Waals surface area contributed by atoms with E-state index in [2.05, 4.69) is 10.1 Å². The highest BCUT2D eigenvalue weighted by atomic mass is 16.5. The van der Waals surface area contributed by atoms with Crippen LogP contribution in [0.25, 0.3) is 0 Å². The minimum atomic E-state index is -0.566. The third-order valence-corrected chi connectivity index (χ3v) is 2.86. The van der Waals surface area contributed by atoms with Crippen LogP contribution in [-0.4, -0.2) is 37.7 Å². The Morgan fingerprint density at radius 1 is 1.44 bits per heavy atom. The molecule has 0 spiro atoms. The normalized spacial score (nSPS) is 31.6. The molecule has 5 nitrogen and oxygen atoms in total. The fourth-order valence-corrected chi connectivity index (χ4v) is 2.21. The summed E-state index contributed by atoms with van der Waals surface area (Å²) in [6.45, 7) is 3.95. The molecule has 0 aromatic carbocycles. The van der Waals surface area contributed by atoms with Gasteiger partial charge in [-0.15, -0.1) is 0 Å². The quantitative estimate of drug-likeness (QED) is 0.736. The van der Waals surface area contributed by atoms with Gasteiger partial charge >= 0.3 is 6.09 Å². The second-order valence-electron chi connectivity index (χ2n) is 4.29. The molecule has 1 fully saturated rings. The maximum Gasteiger partial charge on any atom is 0.407 e. The third-order valence-electron chi connectivity index (χ3n) is 2.86. The molecular weight excluding hydrogens is 210 g/mol. The average molecular weight is 229 g/mol. The van der Waals surface area contributed by atoms with E-state index in [1.54, 1.807) is 0 Å². The molecule has 16 heavy (non-hydrogen) atoms. The van der Waals surface area contributed by atoms with Gasteiger partial charge in [0.05, 0.1) is 25.4 Å². The predicted molar refractivity (Wildman–Crippen MR) is 58.1 cm³/mol. The number of amides is 1. The number of aldehydes is 1. The average Bonchev–Trinajstić information content (AvgIpc) is 2.24. The van der Waals surface area contributed by atoms with E-state index >= 15 is 0 Å². The predicted octanol–water partition coefficient (Wildman–Crippen LogP) is 1.11. The van der Waals surface area contributed by atoms with Crippen LogP contribution in [0, 0.1) is 5.92 Å². The second-order valence-corrected chi connectivity index (χ2v) is 4.29. The number of carbonyl (C=O) groups is 2. The van der Waals surface area contributed by atoms with Crippen molar-refractivity contribution in [2.24, 2.45) is 5.92 Å². The van der Waals surface area contributed by atoms with E-state index in [4.69, 9.17) is 4.74 Å². The molecule has 0 radical (unpaired) electrons. The topological polar surface area (TPSA) is 64.6 Å². The third kappa shape index (κ3) is 3.48. The molecule has 1 amide bonds. The first-order valence-electron chi connectivity index (χ1n) is 5.52. The van der Waals surface area contributed by atoms with Crippen LogP contribution in [0.2, 0.25) is 0 Å². The van der Waals surface area contributed by atoms with Crippen LogP contribution >= 0.6 is 0 Å². The monoisotopic (exact) mass is 229 g/mol. The van der Waals surface area contributed by atoms with Crippen molar-refractivity contribution in [3.8, 4) is 0 Å². The van der Waals surface area contributed by atoms with Crippen LogP contribution < -0.4 is 5.32 Å². The first-order chi connectivity index (χ1) is 7.56. The largest absolute Gasteiger partial charge is 0.453 e. The van der Waals surface area contributed by atoms with Crippen molar-refractivity contribution >= 4 is 12.4 Å². The van der Waals surface area contributed by atoms with Gasteiger partial charge in [-0.25, -0.2) is 4.79 Å². The zero-order chi connectivity index (χ0) is 12.1. The van der Waals surface area contributed by atoms with Crippen molar-refractivity contribution in [2.75, 3.05) is 7.11 Å². The molecule has 5 heteroatoms. The molecule has 0 aromatic rings. The first kappa shape index (κ1) is 13.0. The van der Waals surface area contributed by atoms with Crippen molar-refractivity contribution in [1.82, 2.24) is 5.32 Å². The van der Waals surface area contributed by atoms with E-state index in [9.17, 15) is 9.59 Å². The summed E-state index contributed by atoms with van der Waals surface area (Å²) in [5, 5.41) is 2.54. The van der Waals surface area contributed by atoms with Crippen LogP contribution in [0.3, 0.4) is 0 Å². The van der Waals surface area contributed by atoms with Crippen LogP contribution in [-0.2, 0) is 14.3 Å². The SMILES string of the molecule is COC(=O)NC(C=O)C1C[C@@H](C)O[C@H](C)C1. The van der Waals surface area contributed by atoms with E-state index in [0.29, 0.717) is 0 Å². The van der Waals surface area contributed by atoms with Gasteiger partial charge in [-0.1, -0.05) is 0 Å². The molecule has 1 aliphatic heterocycles. The molecule has 92 valence electrons. The number of nitrogens with one attached hydrogen (secondary N) is 1. The molecule has 0 aromatic heterocycles. The maximum absolute atomic E-state index is 11.1. The summed E-state index contributed by atoms with van der Waals surface area (Å²) in [6, 6.07) is -0.485. The standard InChI is InChI=1S/C11H19NO4/c1-7-4-9(5-8(2)16-7)10(6-13)12-11(14)15-3/h6-10H,4-5H2,1-3H3,(H,12,14)/t7-,8-,10?/m1/s1. The lowest BCUT2D eigenvalue weighted by molar-refractivity contribution is -0.113. The Kier molecular flexibility index (Phi) is 4.73. The first-order valence-corrected chi connectivity index (χ1v) is 5.52. The number of alkyl carbamates (subject to hydrolysis) is 1. The Labute approximate surface area is 95.5 Å². The summed E-state index contributed by atoms with van der Waals surface area (Å²) in [4.78, 5) is 22.0. The zero-order valence-electron chi connectivity index (χ0n) is 9.93. The van der Waals surface area contributed by atoms with Gasteiger partial charge in [-0.3, -0.25) is 0 Å². The fourth-order valence-electron chi connectivity index (χ4n) is 2.21. The summed E-state index contributed by atoms with van der Waals surface area (Å²) < 4.78 is 10.1. The number of hydrogen-bond acceptors (Lipinski definition) is 4. The van der Waals surface area contributed by atoms with Gasteiger partial charge < -0.3 is 19.6 Å². The van der Waals surface area contributed by atoms with Crippen molar-refractivity contribution in [2.45, 2.75) is 44.9 Å². The Morgan fingerprint density at radius 2 is 2.00 bits per heavy atom. The molecule has 1 aliphatic rings. The Balaban J connectivity index is 2.57. The van der Waals surface area contributed by atoms with E-state index in [1.807, 2.05) is 13.8 Å². The molecule has 1 saturated heterocycles. The Morgan fingerprint density at radius 3 is 2.44 bits per heavy atom. The number of hydrogen-bond donors (Lipinski definition) is 1. The van der Waals surface area contributed by atoms with Gasteiger partial charge in [-0.05, 0) is 32.6 Å². The van der Waals surface area contributed by atoms with Gasteiger partial charge in [0.15, 0.2) is 0 Å². The molecule has 3 atom stereocenters. The summed E-state index contributed by atoms with van der Waals surface area (Å²) in [5.74, 6) is 0.121. The summed E-state index contributed by atoms with van der Waals surface area (Å²) in [5.41, 5.74) is 0. The molecular formula is C11H19NO4. The zero-order valence-corrected chi connectivity index (χ0v) is 9.93. The highest BCUT2D eigenvalue weighted by molar-refractivity contribution is 5.73. The maximum atomic E-state index is 11.1. The molecule has 0 saturated carbocycles. The van der Waals surface area contributed by atoms with Gasteiger partial charge in [0.2, 0.25) is 0 Å². The second kappa shape index (κ2) is 5.84. The highest BCUT2D eigenvalue weighted by Gasteiger charge is 2.31. The van der Waals surface area contributed by atoms with Crippen molar-refractivity contribution in [3.05, 3.63) is 0 Å². The van der Waals surface area contributed by atoms with E-state index < -0.39 is 12.1 Å². The van der Waals surface area contributed by atoms with Crippen molar-refractivity contribution in [1.29, 1.82) is 0 Å². The van der Waals surface area contributed by atoms with E-state index in [-0.39, 0.29) is 18.1 Å². The van der Waals surface area contributed by atoms with Gasteiger partial charge in [0.25, 0.3) is 0 Å². The molecule has 1 N–H and O–H groups in total. The lowest BCUT2D eigenvalue weighted by Gasteiger charge is -2.34. The summed E-state index contributed by atoms with van der Waals surface area (Å²) >= 11 is 0. The fraction of sp³-hybridized carbons (Fsp3) is 0.818. The highest BCUT2D eigenvalue weighted by Crippen LogP contribution is 2.26. The summed E-state index contributed by atoms with van der Waals surface area (Å²) in [6.07, 6.45) is 2.00. The molecule has 1 rings (SSSR count). The Bertz CT molecular complexity index is 246. The van der Waals surface area contributed by atoms with Crippen molar-refractivity contribution < 1.29 is 19.1 Å². The van der Waals surface area contributed by atoms with E-state index in [1.165, 1.54) is 7.11 Å². The minimum Gasteiger partial charge on any atom is -0.453 e. The lowest BCUT2D eigenvalue weighted by atomic mass is 9.87. The van der Waals surface area contributed by atoms with Crippen LogP contribution in [0.5, 0.6) is 0 Å². The lowest BCUT2D eigenvalue weighted by Crippen LogP contribution is -2.46. The van der Waals surface area contributed by atoms with Gasteiger partial charge in [0.1, 0.15) is 6.29 Å². The number of rotatable bonds is 3. The Hall–Kier alpha value is -1.10. The molecule has 1 unspecified atom stereocenters. The number of methoxy groups -OCH3 is 1. The van der Waals surface area contributed by atoms with Gasteiger partial charge in [0, 0.05) is 0 Å². The number of carbonyl (C=O) groups excluding carboxylic acids is 2.